The Morgan fingerprint density at radius 3 is 2.50 bits per heavy atom. The van der Waals surface area contributed by atoms with Gasteiger partial charge in [0.15, 0.2) is 5.82 Å². The van der Waals surface area contributed by atoms with E-state index in [1.54, 1.807) is 4.90 Å². The Morgan fingerprint density at radius 2 is 1.86 bits per heavy atom. The number of benzene rings is 1. The van der Waals surface area contributed by atoms with Crippen LogP contribution in [0.25, 0.3) is 11.3 Å². The van der Waals surface area contributed by atoms with Gasteiger partial charge in [0, 0.05) is 44.9 Å². The van der Waals surface area contributed by atoms with Crippen LogP contribution in [0, 0.1) is 6.92 Å². The average Bonchev–Trinajstić information content (AvgIpc) is 3.63. The number of ether oxygens (including phenoxy) is 1. The highest BCUT2D eigenvalue weighted by Crippen LogP contribution is 2.21. The number of nitrogens with zero attached hydrogens (tertiary/aromatic N) is 5. The molecule has 3 aromatic rings. The van der Waals surface area contributed by atoms with E-state index in [0.29, 0.717) is 37.6 Å². The van der Waals surface area contributed by atoms with E-state index in [0.717, 1.165) is 36.5 Å². The molecular weight excluding hydrogens is 474 g/mol. The van der Waals surface area contributed by atoms with Gasteiger partial charge < -0.3 is 19.4 Å². The number of amides is 2. The molecule has 0 spiro atoms. The summed E-state index contributed by atoms with van der Waals surface area (Å²) in [6.07, 6.45) is 1.92. The number of anilines is 1. The van der Waals surface area contributed by atoms with Gasteiger partial charge in [-0.25, -0.2) is 0 Å². The number of aryl methyl sites for hydroxylation is 1. The summed E-state index contributed by atoms with van der Waals surface area (Å²) in [7, 11) is 0. The molecule has 8 nitrogen and oxygen atoms in total. The summed E-state index contributed by atoms with van der Waals surface area (Å²) in [5, 5.41) is 10.7. The van der Waals surface area contributed by atoms with Gasteiger partial charge in [-0.1, -0.05) is 35.9 Å². The molecule has 188 valence electrons. The molecule has 2 aromatic heterocycles. The number of rotatable bonds is 7. The van der Waals surface area contributed by atoms with Crippen molar-refractivity contribution in [3.8, 4) is 11.3 Å². The molecule has 0 aliphatic carbocycles. The van der Waals surface area contributed by atoms with Crippen molar-refractivity contribution in [1.29, 1.82) is 0 Å². The lowest BCUT2D eigenvalue weighted by molar-refractivity contribution is -0.132. The summed E-state index contributed by atoms with van der Waals surface area (Å²) < 4.78 is 5.75. The third-order valence-corrected chi connectivity index (χ3v) is 7.61. The molecule has 0 N–H and O–H groups in total. The van der Waals surface area contributed by atoms with Crippen LogP contribution in [-0.2, 0) is 9.53 Å². The van der Waals surface area contributed by atoms with Crippen molar-refractivity contribution >= 4 is 29.0 Å². The molecular formula is C27H31N5O3S. The molecule has 9 heteroatoms. The van der Waals surface area contributed by atoms with Gasteiger partial charge in [-0.3, -0.25) is 9.59 Å². The second kappa shape index (κ2) is 11.2. The van der Waals surface area contributed by atoms with Crippen molar-refractivity contribution in [2.75, 3.05) is 50.8 Å². The smallest absolute Gasteiger partial charge is 0.264 e. The van der Waals surface area contributed by atoms with Gasteiger partial charge in [0.05, 0.1) is 16.7 Å². The maximum absolute atomic E-state index is 13.2. The topological polar surface area (TPSA) is 78.9 Å². The second-order valence-corrected chi connectivity index (χ2v) is 10.3. The predicted octanol–water partition coefficient (Wildman–Crippen LogP) is 3.48. The number of hydrogen-bond donors (Lipinski definition) is 0. The molecule has 0 radical (unpaired) electrons. The summed E-state index contributed by atoms with van der Waals surface area (Å²) in [5.74, 6) is 0.681. The zero-order valence-electron chi connectivity index (χ0n) is 20.5. The van der Waals surface area contributed by atoms with E-state index in [2.05, 4.69) is 46.3 Å². The van der Waals surface area contributed by atoms with Crippen LogP contribution in [0.2, 0.25) is 0 Å². The van der Waals surface area contributed by atoms with Crippen molar-refractivity contribution in [3.63, 3.8) is 0 Å². The molecule has 0 unspecified atom stereocenters. The third-order valence-electron chi connectivity index (χ3n) is 6.75. The largest absolute Gasteiger partial charge is 0.376 e. The van der Waals surface area contributed by atoms with Crippen LogP contribution in [0.1, 0.15) is 28.1 Å². The van der Waals surface area contributed by atoms with Gasteiger partial charge in [-0.05, 0) is 43.3 Å². The fraction of sp³-hybridized carbons (Fsp3) is 0.407. The monoisotopic (exact) mass is 505 g/mol. The first-order valence-electron chi connectivity index (χ1n) is 12.4. The van der Waals surface area contributed by atoms with Gasteiger partial charge in [-0.2, -0.15) is 0 Å². The molecule has 36 heavy (non-hydrogen) atoms. The van der Waals surface area contributed by atoms with Crippen LogP contribution in [0.4, 0.5) is 5.82 Å². The van der Waals surface area contributed by atoms with Gasteiger partial charge in [-0.15, -0.1) is 21.5 Å². The normalized spacial score (nSPS) is 17.9. The average molecular weight is 506 g/mol. The second-order valence-electron chi connectivity index (χ2n) is 9.31. The lowest BCUT2D eigenvalue weighted by Crippen LogP contribution is -2.52. The zero-order valence-corrected chi connectivity index (χ0v) is 21.3. The number of carbonyl (C=O) groups excluding carboxylic acids is 2. The first kappa shape index (κ1) is 24.4. The Labute approximate surface area is 215 Å². The van der Waals surface area contributed by atoms with E-state index in [1.807, 2.05) is 34.5 Å². The van der Waals surface area contributed by atoms with Crippen LogP contribution in [0.3, 0.4) is 0 Å². The van der Waals surface area contributed by atoms with Crippen molar-refractivity contribution in [1.82, 2.24) is 20.0 Å². The Bertz CT molecular complexity index is 1150. The number of thiophene rings is 1. The van der Waals surface area contributed by atoms with Crippen LogP contribution >= 0.6 is 11.3 Å². The van der Waals surface area contributed by atoms with E-state index >= 15 is 0 Å². The fourth-order valence-electron chi connectivity index (χ4n) is 4.63. The van der Waals surface area contributed by atoms with E-state index in [9.17, 15) is 9.59 Å². The van der Waals surface area contributed by atoms with E-state index < -0.39 is 0 Å². The SMILES string of the molecule is Cc1ccc(-c2ccc(N3CCN(C(=O)CN(C[C@H]4CCCO4)C(=O)c4cccs4)CC3)nn2)cc1. The Kier molecular flexibility index (Phi) is 7.58. The maximum Gasteiger partial charge on any atom is 0.264 e. The molecule has 1 atom stereocenters. The van der Waals surface area contributed by atoms with E-state index in [4.69, 9.17) is 4.74 Å². The highest BCUT2D eigenvalue weighted by Gasteiger charge is 2.29. The highest BCUT2D eigenvalue weighted by atomic mass is 32.1. The van der Waals surface area contributed by atoms with Crippen LogP contribution in [-0.4, -0.2) is 83.8 Å². The molecule has 5 rings (SSSR count). The summed E-state index contributed by atoms with van der Waals surface area (Å²) in [6, 6.07) is 15.9. The summed E-state index contributed by atoms with van der Waals surface area (Å²) >= 11 is 1.40. The minimum Gasteiger partial charge on any atom is -0.376 e. The van der Waals surface area contributed by atoms with Gasteiger partial charge in [0.2, 0.25) is 5.91 Å². The lowest BCUT2D eigenvalue weighted by Gasteiger charge is -2.36. The molecule has 0 bridgehead atoms. The zero-order chi connectivity index (χ0) is 24.9. The fourth-order valence-corrected chi connectivity index (χ4v) is 5.32. The minimum absolute atomic E-state index is 0.0000140. The summed E-state index contributed by atoms with van der Waals surface area (Å²) in [4.78, 5) is 32.6. The minimum atomic E-state index is -0.101. The van der Waals surface area contributed by atoms with E-state index in [1.165, 1.54) is 16.9 Å². The number of piperazine rings is 1. The Hall–Kier alpha value is -3.30. The lowest BCUT2D eigenvalue weighted by atomic mass is 10.1. The molecule has 2 amide bonds. The van der Waals surface area contributed by atoms with Gasteiger partial charge in [0.1, 0.15) is 6.54 Å². The molecule has 2 saturated heterocycles. The third kappa shape index (κ3) is 5.74. The first-order chi connectivity index (χ1) is 17.6. The van der Waals surface area contributed by atoms with Gasteiger partial charge in [0.25, 0.3) is 5.91 Å². The van der Waals surface area contributed by atoms with Crippen LogP contribution < -0.4 is 4.90 Å². The molecule has 2 aliphatic heterocycles. The van der Waals surface area contributed by atoms with Crippen LogP contribution in [0.15, 0.2) is 53.9 Å². The van der Waals surface area contributed by atoms with Gasteiger partial charge >= 0.3 is 0 Å². The number of hydrogen-bond acceptors (Lipinski definition) is 7. The maximum atomic E-state index is 13.2. The molecule has 2 fully saturated rings. The van der Waals surface area contributed by atoms with E-state index in [-0.39, 0.29) is 24.5 Å². The Balaban J connectivity index is 1.17. The summed E-state index contributed by atoms with van der Waals surface area (Å²) in [5.41, 5.74) is 3.09. The molecule has 2 aliphatic rings. The van der Waals surface area contributed by atoms with Crippen molar-refractivity contribution in [2.45, 2.75) is 25.9 Å². The van der Waals surface area contributed by atoms with Crippen molar-refractivity contribution < 1.29 is 14.3 Å². The number of carbonyl (C=O) groups is 2. The number of aromatic nitrogens is 2. The van der Waals surface area contributed by atoms with Crippen molar-refractivity contribution in [3.05, 3.63) is 64.4 Å². The predicted molar refractivity (Wildman–Crippen MR) is 140 cm³/mol. The first-order valence-corrected chi connectivity index (χ1v) is 13.3. The van der Waals surface area contributed by atoms with Crippen molar-refractivity contribution in [2.24, 2.45) is 0 Å². The quantitative estimate of drug-likeness (QED) is 0.489. The molecule has 4 heterocycles. The van der Waals surface area contributed by atoms with Crippen LogP contribution in [0.5, 0.6) is 0 Å². The highest BCUT2D eigenvalue weighted by molar-refractivity contribution is 7.12. The Morgan fingerprint density at radius 1 is 1.06 bits per heavy atom. The summed E-state index contributed by atoms with van der Waals surface area (Å²) in [6.45, 7) is 5.82. The molecule has 0 saturated carbocycles. The standard InChI is InChI=1S/C27H31N5O3S/c1-20-6-8-21(9-7-20)23-10-11-25(29-28-23)30-12-14-31(15-13-30)26(33)19-32(18-22-4-2-16-35-22)27(34)24-5-3-17-36-24/h3,5-11,17,22H,2,4,12-16,18-19H2,1H3/t22-/m1/s1. The molecule has 1 aromatic carbocycles.